The summed E-state index contributed by atoms with van der Waals surface area (Å²) in [6.07, 6.45) is -0.0316. The number of aliphatic carboxylic acids is 1. The minimum absolute atomic E-state index is 0.0976. The smallest absolute Gasteiger partial charge is 0.329 e. The lowest BCUT2D eigenvalue weighted by Crippen LogP contribution is -2.56. The molecule has 2 N–H and O–H groups in total. The Hall–Kier alpha value is -1.34. The van der Waals surface area contributed by atoms with Crippen LogP contribution in [-0.4, -0.2) is 88.8 Å². The zero-order valence-electron chi connectivity index (χ0n) is 12.8. The molecule has 1 aliphatic heterocycles. The van der Waals surface area contributed by atoms with Gasteiger partial charge in [0.1, 0.15) is 5.54 Å². The largest absolute Gasteiger partial charge is 0.480 e. The molecule has 0 spiro atoms. The lowest BCUT2D eigenvalue weighted by Gasteiger charge is -2.37. The highest BCUT2D eigenvalue weighted by Gasteiger charge is 2.42. The summed E-state index contributed by atoms with van der Waals surface area (Å²) in [5.74, 6) is -1.06. The molecule has 20 heavy (non-hydrogen) atoms. The van der Waals surface area contributed by atoms with E-state index in [-0.39, 0.29) is 18.6 Å². The number of carbonyl (C=O) groups excluding carboxylic acids is 1. The van der Waals surface area contributed by atoms with Gasteiger partial charge in [-0.2, -0.15) is 0 Å². The van der Waals surface area contributed by atoms with Gasteiger partial charge in [0.2, 0.25) is 0 Å². The van der Waals surface area contributed by atoms with Crippen molar-refractivity contribution in [2.45, 2.75) is 38.0 Å². The molecule has 116 valence electrons. The van der Waals surface area contributed by atoms with Gasteiger partial charge in [-0.15, -0.1) is 0 Å². The molecule has 0 aromatic carbocycles. The maximum Gasteiger partial charge on any atom is 0.329 e. The number of amides is 2. The fourth-order valence-electron chi connectivity index (χ4n) is 2.30. The van der Waals surface area contributed by atoms with Crippen LogP contribution < -0.4 is 0 Å². The summed E-state index contributed by atoms with van der Waals surface area (Å²) < 4.78 is 0. The Bertz CT molecular complexity index is 384. The summed E-state index contributed by atoms with van der Waals surface area (Å²) in [5, 5.41) is 19.0. The van der Waals surface area contributed by atoms with Crippen LogP contribution in [0.25, 0.3) is 0 Å². The van der Waals surface area contributed by atoms with Crippen molar-refractivity contribution in [1.29, 1.82) is 0 Å². The van der Waals surface area contributed by atoms with Crippen LogP contribution in [-0.2, 0) is 4.79 Å². The summed E-state index contributed by atoms with van der Waals surface area (Å²) >= 11 is 0. The number of hydrogen-bond acceptors (Lipinski definition) is 4. The molecular formula is C13H25N3O4. The van der Waals surface area contributed by atoms with E-state index in [1.165, 1.54) is 25.8 Å². The Balaban J connectivity index is 2.86. The maximum atomic E-state index is 12.5. The van der Waals surface area contributed by atoms with E-state index in [1.807, 2.05) is 19.0 Å². The molecular weight excluding hydrogens is 262 g/mol. The molecule has 1 saturated heterocycles. The number of rotatable bonds is 4. The van der Waals surface area contributed by atoms with Gasteiger partial charge in [0.25, 0.3) is 0 Å². The van der Waals surface area contributed by atoms with Crippen LogP contribution in [0.15, 0.2) is 0 Å². The van der Waals surface area contributed by atoms with E-state index in [2.05, 4.69) is 0 Å². The first kappa shape index (κ1) is 16.7. The standard InChI is InChI=1S/C13H25N3O4/c1-13(2,11(18)19)15(5)12(20)16-8-10(17)6-9(16)7-14(3)4/h9-10,17H,6-8H2,1-5H3,(H,18,19). The second kappa shape index (κ2) is 5.97. The van der Waals surface area contributed by atoms with E-state index in [1.54, 1.807) is 4.90 Å². The lowest BCUT2D eigenvalue weighted by atomic mass is 10.0. The summed E-state index contributed by atoms with van der Waals surface area (Å²) in [6, 6.07) is -0.458. The average Bonchev–Trinajstić information content (AvgIpc) is 2.67. The van der Waals surface area contributed by atoms with Crippen LogP contribution in [0.1, 0.15) is 20.3 Å². The number of carbonyl (C=O) groups is 2. The fourth-order valence-corrected chi connectivity index (χ4v) is 2.30. The van der Waals surface area contributed by atoms with Gasteiger partial charge in [0, 0.05) is 26.2 Å². The van der Waals surface area contributed by atoms with E-state index in [9.17, 15) is 19.8 Å². The molecule has 1 rings (SSSR count). The minimum atomic E-state index is -1.28. The highest BCUT2D eigenvalue weighted by Crippen LogP contribution is 2.23. The van der Waals surface area contributed by atoms with Crippen LogP contribution in [0.4, 0.5) is 4.79 Å². The number of urea groups is 1. The number of aliphatic hydroxyl groups is 1. The molecule has 2 amide bonds. The third-order valence-electron chi connectivity index (χ3n) is 3.86. The quantitative estimate of drug-likeness (QED) is 0.754. The van der Waals surface area contributed by atoms with Crippen molar-refractivity contribution in [2.75, 3.05) is 34.2 Å². The van der Waals surface area contributed by atoms with Crippen molar-refractivity contribution >= 4 is 12.0 Å². The Labute approximate surface area is 119 Å². The van der Waals surface area contributed by atoms with Gasteiger partial charge < -0.3 is 24.9 Å². The van der Waals surface area contributed by atoms with E-state index in [4.69, 9.17) is 0 Å². The number of aliphatic hydroxyl groups excluding tert-OH is 1. The molecule has 2 atom stereocenters. The predicted molar refractivity (Wildman–Crippen MR) is 74.5 cm³/mol. The number of carboxylic acids is 1. The van der Waals surface area contributed by atoms with Gasteiger partial charge in [-0.05, 0) is 34.4 Å². The van der Waals surface area contributed by atoms with Crippen LogP contribution >= 0.6 is 0 Å². The van der Waals surface area contributed by atoms with Crippen molar-refractivity contribution in [2.24, 2.45) is 0 Å². The highest BCUT2D eigenvalue weighted by atomic mass is 16.4. The normalized spacial score (nSPS) is 23.2. The van der Waals surface area contributed by atoms with Crippen molar-refractivity contribution in [3.8, 4) is 0 Å². The molecule has 0 aromatic heterocycles. The molecule has 0 radical (unpaired) electrons. The van der Waals surface area contributed by atoms with Crippen LogP contribution in [0, 0.1) is 0 Å². The molecule has 1 heterocycles. The van der Waals surface area contributed by atoms with Gasteiger partial charge >= 0.3 is 12.0 Å². The second-order valence-corrected chi connectivity index (χ2v) is 6.16. The van der Waals surface area contributed by atoms with Crippen molar-refractivity contribution in [3.63, 3.8) is 0 Å². The van der Waals surface area contributed by atoms with Crippen LogP contribution in [0.3, 0.4) is 0 Å². The summed E-state index contributed by atoms with van der Waals surface area (Å²) in [4.78, 5) is 28.5. The summed E-state index contributed by atoms with van der Waals surface area (Å²) in [6.45, 7) is 3.86. The number of likely N-dealkylation sites (tertiary alicyclic amines) is 1. The van der Waals surface area contributed by atoms with Crippen LogP contribution in [0.5, 0.6) is 0 Å². The molecule has 0 aromatic rings. The van der Waals surface area contributed by atoms with E-state index in [0.717, 1.165) is 0 Å². The highest BCUT2D eigenvalue weighted by molar-refractivity contribution is 5.85. The van der Waals surface area contributed by atoms with Gasteiger partial charge in [-0.1, -0.05) is 0 Å². The molecule has 2 unspecified atom stereocenters. The van der Waals surface area contributed by atoms with Crippen molar-refractivity contribution in [3.05, 3.63) is 0 Å². The first-order chi connectivity index (χ1) is 9.07. The molecule has 0 bridgehead atoms. The van der Waals surface area contributed by atoms with Crippen LogP contribution in [0.2, 0.25) is 0 Å². The number of likely N-dealkylation sites (N-methyl/N-ethyl adjacent to an activating group) is 2. The maximum absolute atomic E-state index is 12.5. The Morgan fingerprint density at radius 1 is 1.30 bits per heavy atom. The molecule has 1 fully saturated rings. The molecule has 0 saturated carbocycles. The Morgan fingerprint density at radius 3 is 2.30 bits per heavy atom. The number of carboxylic acid groups (broad SMARTS) is 1. The number of hydrogen-bond donors (Lipinski definition) is 2. The van der Waals surface area contributed by atoms with E-state index in [0.29, 0.717) is 13.0 Å². The molecule has 0 aliphatic carbocycles. The van der Waals surface area contributed by atoms with E-state index >= 15 is 0 Å². The zero-order chi connectivity index (χ0) is 15.7. The Morgan fingerprint density at radius 2 is 1.85 bits per heavy atom. The SMILES string of the molecule is CN(C)CC1CC(O)CN1C(=O)N(C)C(C)(C)C(=O)O. The topological polar surface area (TPSA) is 84.3 Å². The van der Waals surface area contributed by atoms with Gasteiger partial charge in [-0.3, -0.25) is 0 Å². The van der Waals surface area contributed by atoms with Gasteiger partial charge in [0.05, 0.1) is 6.10 Å². The first-order valence-electron chi connectivity index (χ1n) is 6.68. The third-order valence-corrected chi connectivity index (χ3v) is 3.86. The van der Waals surface area contributed by atoms with Crippen molar-refractivity contribution < 1.29 is 19.8 Å². The fraction of sp³-hybridized carbons (Fsp3) is 0.846. The second-order valence-electron chi connectivity index (χ2n) is 6.16. The zero-order valence-corrected chi connectivity index (χ0v) is 12.8. The van der Waals surface area contributed by atoms with Gasteiger partial charge in [0.15, 0.2) is 0 Å². The average molecular weight is 287 g/mol. The van der Waals surface area contributed by atoms with E-state index < -0.39 is 17.6 Å². The third kappa shape index (κ3) is 3.40. The molecule has 7 heteroatoms. The number of β-amino-alcohol motifs (C(OH)–C–C–N with tert-alkyl or cyclic N) is 1. The predicted octanol–water partition coefficient (Wildman–Crippen LogP) is -0.102. The monoisotopic (exact) mass is 287 g/mol. The summed E-state index contributed by atoms with van der Waals surface area (Å²) in [7, 11) is 5.28. The Kier molecular flexibility index (Phi) is 4.99. The molecule has 7 nitrogen and oxygen atoms in total. The lowest BCUT2D eigenvalue weighted by molar-refractivity contribution is -0.147. The van der Waals surface area contributed by atoms with Gasteiger partial charge in [-0.25, -0.2) is 9.59 Å². The minimum Gasteiger partial charge on any atom is -0.480 e. The number of nitrogens with zero attached hydrogens (tertiary/aromatic N) is 3. The first-order valence-corrected chi connectivity index (χ1v) is 6.68. The van der Waals surface area contributed by atoms with Crippen molar-refractivity contribution in [1.82, 2.24) is 14.7 Å². The molecule has 1 aliphatic rings. The summed E-state index contributed by atoms with van der Waals surface area (Å²) in [5.41, 5.74) is -1.28.